The van der Waals surface area contributed by atoms with Gasteiger partial charge in [0.05, 0.1) is 19.9 Å². The van der Waals surface area contributed by atoms with Crippen molar-refractivity contribution in [3.05, 3.63) is 59.7 Å². The van der Waals surface area contributed by atoms with Crippen molar-refractivity contribution in [1.82, 2.24) is 10.7 Å². The Morgan fingerprint density at radius 2 is 1.96 bits per heavy atom. The van der Waals surface area contributed by atoms with Gasteiger partial charge >= 0.3 is 0 Å². The summed E-state index contributed by atoms with van der Waals surface area (Å²) in [6, 6.07) is 15.9. The maximum atomic E-state index is 5.85. The van der Waals surface area contributed by atoms with Crippen molar-refractivity contribution in [1.29, 1.82) is 0 Å². The normalized spacial score (nSPS) is 10.5. The van der Waals surface area contributed by atoms with Crippen molar-refractivity contribution in [3.63, 3.8) is 0 Å². The quantitative estimate of drug-likeness (QED) is 0.432. The number of rotatable bonds is 8. The zero-order valence-corrected chi connectivity index (χ0v) is 15.3. The number of hydrazone groups is 1. The van der Waals surface area contributed by atoms with Crippen LogP contribution < -0.4 is 20.2 Å². The topological polar surface area (TPSA) is 54.9 Å². The zero-order valence-electron chi connectivity index (χ0n) is 14.5. The summed E-state index contributed by atoms with van der Waals surface area (Å²) >= 11 is 5.05. The minimum absolute atomic E-state index is 0.492. The van der Waals surface area contributed by atoms with Crippen LogP contribution in [0.15, 0.2) is 53.6 Å². The molecule has 2 aromatic rings. The molecule has 0 aliphatic rings. The molecule has 2 rings (SSSR count). The van der Waals surface area contributed by atoms with Gasteiger partial charge in [0.15, 0.2) is 16.6 Å². The van der Waals surface area contributed by atoms with Gasteiger partial charge in [-0.1, -0.05) is 30.3 Å². The standard InChI is InChI=1S/C19H23N3O2S/c1-3-20-19(25)22-21-14-16-9-10-17(18(13-16)23-2)24-12-11-15-7-5-4-6-8-15/h4-10,13-14H,3,11-12H2,1-2H3,(H2,20,22,25)/b21-14+. The van der Waals surface area contributed by atoms with E-state index in [-0.39, 0.29) is 0 Å². The summed E-state index contributed by atoms with van der Waals surface area (Å²) in [5, 5.41) is 7.55. The predicted octanol–water partition coefficient (Wildman–Crippen LogP) is 3.13. The number of thiocarbonyl (C=S) groups is 1. The van der Waals surface area contributed by atoms with E-state index in [1.165, 1.54) is 5.56 Å². The lowest BCUT2D eigenvalue weighted by Crippen LogP contribution is -2.31. The van der Waals surface area contributed by atoms with Gasteiger partial charge in [-0.25, -0.2) is 0 Å². The Bertz CT molecular complexity index is 705. The molecule has 2 N–H and O–H groups in total. The van der Waals surface area contributed by atoms with Gasteiger partial charge in [0.1, 0.15) is 0 Å². The van der Waals surface area contributed by atoms with Crippen molar-refractivity contribution >= 4 is 23.5 Å². The Balaban J connectivity index is 1.92. The summed E-state index contributed by atoms with van der Waals surface area (Å²) in [5.41, 5.74) is 4.89. The summed E-state index contributed by atoms with van der Waals surface area (Å²) in [6.07, 6.45) is 2.53. The largest absolute Gasteiger partial charge is 0.493 e. The maximum absolute atomic E-state index is 5.85. The second-order valence-corrected chi connectivity index (χ2v) is 5.63. The minimum atomic E-state index is 0.492. The molecule has 0 saturated carbocycles. The molecule has 0 aliphatic carbocycles. The summed E-state index contributed by atoms with van der Waals surface area (Å²) in [6.45, 7) is 3.32. The number of nitrogens with zero attached hydrogens (tertiary/aromatic N) is 1. The van der Waals surface area contributed by atoms with Crippen LogP contribution in [-0.2, 0) is 6.42 Å². The molecule has 0 atom stereocenters. The monoisotopic (exact) mass is 357 g/mol. The second-order valence-electron chi connectivity index (χ2n) is 5.22. The van der Waals surface area contributed by atoms with Gasteiger partial charge < -0.3 is 14.8 Å². The van der Waals surface area contributed by atoms with Crippen molar-refractivity contribution in [2.24, 2.45) is 5.10 Å². The summed E-state index contributed by atoms with van der Waals surface area (Å²) in [5.74, 6) is 1.39. The number of methoxy groups -OCH3 is 1. The van der Waals surface area contributed by atoms with E-state index in [0.717, 1.165) is 18.5 Å². The molecule has 2 aromatic carbocycles. The van der Waals surface area contributed by atoms with E-state index < -0.39 is 0 Å². The molecule has 0 spiro atoms. The van der Waals surface area contributed by atoms with Crippen LogP contribution in [0.5, 0.6) is 11.5 Å². The van der Waals surface area contributed by atoms with Crippen molar-refractivity contribution < 1.29 is 9.47 Å². The average Bonchev–Trinajstić information content (AvgIpc) is 2.63. The van der Waals surface area contributed by atoms with Crippen LogP contribution in [-0.4, -0.2) is 31.6 Å². The second kappa shape index (κ2) is 10.3. The highest BCUT2D eigenvalue weighted by Gasteiger charge is 2.05. The fourth-order valence-electron chi connectivity index (χ4n) is 2.17. The fraction of sp³-hybridized carbons (Fsp3) is 0.263. The lowest BCUT2D eigenvalue weighted by molar-refractivity contribution is 0.297. The van der Waals surface area contributed by atoms with Gasteiger partial charge in [0.2, 0.25) is 0 Å². The minimum Gasteiger partial charge on any atom is -0.493 e. The van der Waals surface area contributed by atoms with E-state index in [4.69, 9.17) is 21.7 Å². The Morgan fingerprint density at radius 3 is 2.68 bits per heavy atom. The molecule has 0 aromatic heterocycles. The van der Waals surface area contributed by atoms with E-state index in [2.05, 4.69) is 28.0 Å². The van der Waals surface area contributed by atoms with Gasteiger partial charge in [-0.15, -0.1) is 0 Å². The predicted molar refractivity (Wildman–Crippen MR) is 106 cm³/mol. The third-order valence-electron chi connectivity index (χ3n) is 3.40. The number of hydrogen-bond acceptors (Lipinski definition) is 4. The lowest BCUT2D eigenvalue weighted by atomic mass is 10.2. The molecule has 0 fully saturated rings. The van der Waals surface area contributed by atoms with Crippen molar-refractivity contribution in [3.8, 4) is 11.5 Å². The lowest BCUT2D eigenvalue weighted by Gasteiger charge is -2.11. The number of benzene rings is 2. The first-order valence-electron chi connectivity index (χ1n) is 8.14. The van der Waals surface area contributed by atoms with Crippen LogP contribution in [0, 0.1) is 0 Å². The Labute approximate surface area is 154 Å². The smallest absolute Gasteiger partial charge is 0.186 e. The van der Waals surface area contributed by atoms with Crippen LogP contribution in [0.4, 0.5) is 0 Å². The first kappa shape index (κ1) is 18.7. The van der Waals surface area contributed by atoms with Gasteiger partial charge in [-0.3, -0.25) is 5.43 Å². The van der Waals surface area contributed by atoms with E-state index in [0.29, 0.717) is 23.2 Å². The van der Waals surface area contributed by atoms with E-state index in [9.17, 15) is 0 Å². The molecular formula is C19H23N3O2S. The highest BCUT2D eigenvalue weighted by Crippen LogP contribution is 2.27. The first-order valence-corrected chi connectivity index (χ1v) is 8.55. The van der Waals surface area contributed by atoms with Crippen LogP contribution in [0.2, 0.25) is 0 Å². The summed E-state index contributed by atoms with van der Waals surface area (Å²) < 4.78 is 11.3. The molecular weight excluding hydrogens is 334 g/mol. The van der Waals surface area contributed by atoms with Crippen molar-refractivity contribution in [2.45, 2.75) is 13.3 Å². The summed E-state index contributed by atoms with van der Waals surface area (Å²) in [7, 11) is 1.62. The molecule has 0 unspecified atom stereocenters. The molecule has 5 nitrogen and oxygen atoms in total. The van der Waals surface area contributed by atoms with Gasteiger partial charge in [0.25, 0.3) is 0 Å². The molecule has 0 heterocycles. The average molecular weight is 357 g/mol. The molecule has 0 radical (unpaired) electrons. The third-order valence-corrected chi connectivity index (χ3v) is 3.63. The number of nitrogens with one attached hydrogen (secondary N) is 2. The Hall–Kier alpha value is -2.60. The Morgan fingerprint density at radius 1 is 1.16 bits per heavy atom. The highest BCUT2D eigenvalue weighted by molar-refractivity contribution is 7.80. The van der Waals surface area contributed by atoms with E-state index in [1.54, 1.807) is 13.3 Å². The van der Waals surface area contributed by atoms with Gasteiger partial charge in [0, 0.05) is 13.0 Å². The van der Waals surface area contributed by atoms with Gasteiger partial charge in [-0.2, -0.15) is 5.10 Å². The third kappa shape index (κ3) is 6.43. The number of hydrogen-bond donors (Lipinski definition) is 2. The Kier molecular flexibility index (Phi) is 7.72. The van der Waals surface area contributed by atoms with Crippen LogP contribution in [0.25, 0.3) is 0 Å². The van der Waals surface area contributed by atoms with Crippen LogP contribution in [0.1, 0.15) is 18.1 Å². The van der Waals surface area contributed by atoms with Crippen LogP contribution >= 0.6 is 12.2 Å². The number of ether oxygens (including phenoxy) is 2. The molecule has 132 valence electrons. The van der Waals surface area contributed by atoms with Crippen molar-refractivity contribution in [2.75, 3.05) is 20.3 Å². The van der Waals surface area contributed by atoms with Gasteiger partial charge in [-0.05, 0) is 48.5 Å². The fourth-order valence-corrected chi connectivity index (χ4v) is 2.37. The highest BCUT2D eigenvalue weighted by atomic mass is 32.1. The molecule has 25 heavy (non-hydrogen) atoms. The SMILES string of the molecule is CCNC(=S)N/N=C/c1ccc(OCCc2ccccc2)c(OC)c1. The molecule has 0 bridgehead atoms. The zero-order chi connectivity index (χ0) is 17.9. The molecule has 0 aliphatic heterocycles. The maximum Gasteiger partial charge on any atom is 0.186 e. The molecule has 0 saturated heterocycles. The molecule has 6 heteroatoms. The van der Waals surface area contributed by atoms with E-state index >= 15 is 0 Å². The first-order chi connectivity index (χ1) is 12.2. The van der Waals surface area contributed by atoms with Crippen LogP contribution in [0.3, 0.4) is 0 Å². The van der Waals surface area contributed by atoms with E-state index in [1.807, 2.05) is 43.3 Å². The summed E-state index contributed by atoms with van der Waals surface area (Å²) in [4.78, 5) is 0. The molecule has 0 amide bonds.